The fourth-order valence-electron chi connectivity index (χ4n) is 5.07. The van der Waals surface area contributed by atoms with Crippen molar-refractivity contribution in [2.24, 2.45) is 4.99 Å². The predicted molar refractivity (Wildman–Crippen MR) is 132 cm³/mol. The standard InChI is InChI=1S/C21H38N8.HI/c1-3-22-20(26-18-7-8-19-24-17-25-29(19)15-18)23-16-21(9-13-27(2)14-10-21)28-11-5-4-6-12-28;/h17-18H,3-16H2,1-2H3,(H2,22,23,26);1H. The molecule has 0 amide bonds. The smallest absolute Gasteiger partial charge is 0.191 e. The van der Waals surface area contributed by atoms with Gasteiger partial charge < -0.3 is 15.5 Å². The molecule has 0 saturated carbocycles. The molecule has 170 valence electrons. The number of aryl methyl sites for hydroxylation is 1. The molecule has 1 unspecified atom stereocenters. The zero-order chi connectivity index (χ0) is 20.1. The van der Waals surface area contributed by atoms with Crippen LogP contribution in [0.1, 0.15) is 51.3 Å². The molecule has 9 heteroatoms. The zero-order valence-electron chi connectivity index (χ0n) is 18.6. The van der Waals surface area contributed by atoms with Gasteiger partial charge in [-0.15, -0.1) is 24.0 Å². The molecule has 1 aromatic rings. The van der Waals surface area contributed by atoms with Crippen LogP contribution in [0.5, 0.6) is 0 Å². The Kier molecular flexibility index (Phi) is 8.76. The van der Waals surface area contributed by atoms with E-state index in [2.05, 4.69) is 44.5 Å². The number of hydrogen-bond acceptors (Lipinski definition) is 5. The van der Waals surface area contributed by atoms with Crippen LogP contribution in [0.25, 0.3) is 0 Å². The van der Waals surface area contributed by atoms with Crippen molar-refractivity contribution < 1.29 is 0 Å². The lowest BCUT2D eigenvalue weighted by atomic mass is 9.84. The molecule has 4 rings (SSSR count). The number of aromatic nitrogens is 3. The van der Waals surface area contributed by atoms with E-state index in [1.165, 1.54) is 58.3 Å². The number of aliphatic imine (C=N–C) groups is 1. The van der Waals surface area contributed by atoms with Gasteiger partial charge in [-0.25, -0.2) is 9.67 Å². The molecule has 0 bridgehead atoms. The van der Waals surface area contributed by atoms with E-state index >= 15 is 0 Å². The molecule has 1 atom stereocenters. The lowest BCUT2D eigenvalue weighted by Crippen LogP contribution is -2.58. The number of fused-ring (bicyclic) bond motifs is 1. The van der Waals surface area contributed by atoms with Crippen LogP contribution >= 0.6 is 24.0 Å². The first-order valence-corrected chi connectivity index (χ1v) is 11.5. The molecular formula is C21H39IN8. The summed E-state index contributed by atoms with van der Waals surface area (Å²) in [6.07, 6.45) is 10.2. The van der Waals surface area contributed by atoms with E-state index in [9.17, 15) is 0 Å². The average Bonchev–Trinajstić information content (AvgIpc) is 3.22. The largest absolute Gasteiger partial charge is 0.357 e. The van der Waals surface area contributed by atoms with Gasteiger partial charge in [-0.05, 0) is 72.3 Å². The van der Waals surface area contributed by atoms with Gasteiger partial charge in [0.1, 0.15) is 12.2 Å². The number of likely N-dealkylation sites (tertiary alicyclic amines) is 2. The molecule has 0 aliphatic carbocycles. The molecule has 0 spiro atoms. The summed E-state index contributed by atoms with van der Waals surface area (Å²) in [4.78, 5) is 14.7. The minimum absolute atomic E-state index is 0. The number of hydrogen-bond donors (Lipinski definition) is 2. The van der Waals surface area contributed by atoms with E-state index in [0.717, 1.165) is 44.3 Å². The van der Waals surface area contributed by atoms with E-state index in [0.29, 0.717) is 6.04 Å². The van der Waals surface area contributed by atoms with Gasteiger partial charge in [0.25, 0.3) is 0 Å². The normalized spacial score (nSPS) is 25.3. The summed E-state index contributed by atoms with van der Waals surface area (Å²) in [5.74, 6) is 2.05. The molecule has 1 aromatic heterocycles. The lowest BCUT2D eigenvalue weighted by molar-refractivity contribution is 0.0208. The summed E-state index contributed by atoms with van der Waals surface area (Å²) in [5.41, 5.74) is 0.223. The number of halogens is 1. The maximum atomic E-state index is 5.14. The molecule has 3 aliphatic heterocycles. The van der Waals surface area contributed by atoms with Crippen molar-refractivity contribution >= 4 is 29.9 Å². The van der Waals surface area contributed by atoms with Gasteiger partial charge in [0.2, 0.25) is 0 Å². The molecule has 2 N–H and O–H groups in total. The summed E-state index contributed by atoms with van der Waals surface area (Å²) in [5, 5.41) is 11.5. The van der Waals surface area contributed by atoms with Gasteiger partial charge in [-0.3, -0.25) is 9.89 Å². The Balaban J connectivity index is 0.00000256. The molecule has 4 heterocycles. The third-order valence-corrected chi connectivity index (χ3v) is 6.97. The summed E-state index contributed by atoms with van der Waals surface area (Å²) < 4.78 is 2.02. The fraction of sp³-hybridized carbons (Fsp3) is 0.857. The highest BCUT2D eigenvalue weighted by Gasteiger charge is 2.39. The third-order valence-electron chi connectivity index (χ3n) is 6.97. The Morgan fingerprint density at radius 1 is 1.20 bits per heavy atom. The van der Waals surface area contributed by atoms with Crippen molar-refractivity contribution in [1.82, 2.24) is 35.2 Å². The van der Waals surface area contributed by atoms with Crippen LogP contribution < -0.4 is 10.6 Å². The molecule has 0 aromatic carbocycles. The molecule has 2 saturated heterocycles. The maximum absolute atomic E-state index is 5.14. The summed E-state index contributed by atoms with van der Waals surface area (Å²) in [6.45, 7) is 9.60. The molecular weight excluding hydrogens is 491 g/mol. The molecule has 2 fully saturated rings. The van der Waals surface area contributed by atoms with Gasteiger partial charge in [0.05, 0.1) is 13.1 Å². The van der Waals surface area contributed by atoms with Crippen molar-refractivity contribution in [3.63, 3.8) is 0 Å². The number of nitrogens with one attached hydrogen (secondary N) is 2. The van der Waals surface area contributed by atoms with Gasteiger partial charge in [0, 0.05) is 24.5 Å². The first kappa shape index (κ1) is 23.7. The van der Waals surface area contributed by atoms with E-state index in [4.69, 9.17) is 4.99 Å². The quantitative estimate of drug-likeness (QED) is 0.343. The molecule has 30 heavy (non-hydrogen) atoms. The first-order valence-electron chi connectivity index (χ1n) is 11.5. The maximum Gasteiger partial charge on any atom is 0.191 e. The van der Waals surface area contributed by atoms with Crippen molar-refractivity contribution in [3.8, 4) is 0 Å². The second-order valence-corrected chi connectivity index (χ2v) is 9.01. The Bertz CT molecular complexity index is 676. The SMILES string of the molecule is CCNC(=NCC1(N2CCCCC2)CCN(C)CC1)NC1CCc2ncnn2C1.I. The molecule has 3 aliphatic rings. The van der Waals surface area contributed by atoms with Crippen LogP contribution in [-0.2, 0) is 13.0 Å². The average molecular weight is 531 g/mol. The Morgan fingerprint density at radius 3 is 2.70 bits per heavy atom. The van der Waals surface area contributed by atoms with E-state index in [-0.39, 0.29) is 29.5 Å². The van der Waals surface area contributed by atoms with E-state index < -0.39 is 0 Å². The second kappa shape index (κ2) is 11.1. The van der Waals surface area contributed by atoms with E-state index in [1.807, 2.05) is 4.68 Å². The van der Waals surface area contributed by atoms with Crippen molar-refractivity contribution in [2.45, 2.75) is 70.0 Å². The van der Waals surface area contributed by atoms with Gasteiger partial charge in [0.15, 0.2) is 5.96 Å². The monoisotopic (exact) mass is 530 g/mol. The highest BCUT2D eigenvalue weighted by Crippen LogP contribution is 2.31. The highest BCUT2D eigenvalue weighted by molar-refractivity contribution is 14.0. The fourth-order valence-corrected chi connectivity index (χ4v) is 5.07. The Labute approximate surface area is 198 Å². The van der Waals surface area contributed by atoms with Crippen LogP contribution in [0.3, 0.4) is 0 Å². The minimum Gasteiger partial charge on any atom is -0.357 e. The first-order chi connectivity index (χ1) is 14.2. The summed E-state index contributed by atoms with van der Waals surface area (Å²) >= 11 is 0. The van der Waals surface area contributed by atoms with Crippen molar-refractivity contribution in [2.75, 3.05) is 46.3 Å². The van der Waals surface area contributed by atoms with Crippen LogP contribution in [-0.4, -0.2) is 88.4 Å². The summed E-state index contributed by atoms with van der Waals surface area (Å²) in [6, 6.07) is 0.352. The topological polar surface area (TPSA) is 73.6 Å². The van der Waals surface area contributed by atoms with Crippen molar-refractivity contribution in [1.29, 1.82) is 0 Å². The van der Waals surface area contributed by atoms with Crippen LogP contribution in [0.2, 0.25) is 0 Å². The Morgan fingerprint density at radius 2 is 1.97 bits per heavy atom. The predicted octanol–water partition coefficient (Wildman–Crippen LogP) is 1.72. The number of guanidine groups is 1. The van der Waals surface area contributed by atoms with Crippen LogP contribution in [0.4, 0.5) is 0 Å². The highest BCUT2D eigenvalue weighted by atomic mass is 127. The summed E-state index contributed by atoms with van der Waals surface area (Å²) in [7, 11) is 2.25. The van der Waals surface area contributed by atoms with Gasteiger partial charge in [-0.2, -0.15) is 5.10 Å². The second-order valence-electron chi connectivity index (χ2n) is 9.01. The third kappa shape index (κ3) is 5.64. The number of piperidine rings is 2. The lowest BCUT2D eigenvalue weighted by Gasteiger charge is -2.49. The molecule has 8 nitrogen and oxygen atoms in total. The Hall–Kier alpha value is -0.940. The van der Waals surface area contributed by atoms with Crippen LogP contribution in [0, 0.1) is 0 Å². The van der Waals surface area contributed by atoms with Crippen LogP contribution in [0.15, 0.2) is 11.3 Å². The van der Waals surface area contributed by atoms with Gasteiger partial charge >= 0.3 is 0 Å². The number of nitrogens with zero attached hydrogens (tertiary/aromatic N) is 6. The minimum atomic E-state index is 0. The molecule has 0 radical (unpaired) electrons. The number of rotatable bonds is 5. The van der Waals surface area contributed by atoms with Gasteiger partial charge in [-0.1, -0.05) is 6.42 Å². The zero-order valence-corrected chi connectivity index (χ0v) is 21.0. The van der Waals surface area contributed by atoms with E-state index in [1.54, 1.807) is 6.33 Å². The van der Waals surface area contributed by atoms with Crippen molar-refractivity contribution in [3.05, 3.63) is 12.2 Å².